The molecule has 0 bridgehead atoms. The average molecular weight is 446 g/mol. The molecule has 0 atom stereocenters. The minimum absolute atomic E-state index is 0.0503. The molecule has 0 unspecified atom stereocenters. The average Bonchev–Trinajstić information content (AvgIpc) is 2.77. The molecule has 3 aromatic carbocycles. The summed E-state index contributed by atoms with van der Waals surface area (Å²) in [5.41, 5.74) is 1.29. The first-order chi connectivity index (χ1) is 15.7. The monoisotopic (exact) mass is 446 g/mol. The first kappa shape index (κ1) is 23.2. The van der Waals surface area contributed by atoms with Gasteiger partial charge in [-0.25, -0.2) is 4.79 Å². The minimum Gasteiger partial charge on any atom is -0.480 e. The maximum absolute atomic E-state index is 12.6. The predicted octanol–water partition coefficient (Wildman–Crippen LogP) is 3.74. The van der Waals surface area contributed by atoms with E-state index in [-0.39, 0.29) is 16.8 Å². The molecule has 3 aromatic rings. The van der Waals surface area contributed by atoms with Crippen LogP contribution in [0, 0.1) is 0 Å². The molecule has 0 aliphatic carbocycles. The number of amides is 2. The molecule has 3 N–H and O–H groups in total. The molecule has 0 aromatic heterocycles. The largest absolute Gasteiger partial charge is 0.480 e. The Morgan fingerprint density at radius 3 is 2.24 bits per heavy atom. The Bertz CT molecular complexity index is 1300. The molecule has 0 heterocycles. The van der Waals surface area contributed by atoms with Gasteiger partial charge in [-0.3, -0.25) is 14.4 Å². The van der Waals surface area contributed by atoms with Crippen molar-refractivity contribution in [3.8, 4) is 0 Å². The fourth-order valence-electron chi connectivity index (χ4n) is 3.35. The van der Waals surface area contributed by atoms with Crippen LogP contribution in [-0.2, 0) is 9.59 Å². The van der Waals surface area contributed by atoms with E-state index in [9.17, 15) is 24.3 Å². The third-order valence-corrected chi connectivity index (χ3v) is 5.03. The molecule has 33 heavy (non-hydrogen) atoms. The summed E-state index contributed by atoms with van der Waals surface area (Å²) in [7, 11) is 1.31. The lowest BCUT2D eigenvalue weighted by Crippen LogP contribution is -2.32. The summed E-state index contributed by atoms with van der Waals surface area (Å²) in [6.07, 6.45) is 1.35. The topological polar surface area (TPSA) is 124 Å². The maximum Gasteiger partial charge on any atom is 0.337 e. The van der Waals surface area contributed by atoms with Gasteiger partial charge in [-0.2, -0.15) is 0 Å². The second-order valence-corrected chi connectivity index (χ2v) is 7.50. The molecule has 168 valence electrons. The van der Waals surface area contributed by atoms with E-state index in [1.807, 2.05) is 42.5 Å². The number of hydrogen-bond acceptors (Lipinski definition) is 4. The number of nitrogens with one attached hydrogen (secondary N) is 1. The van der Waals surface area contributed by atoms with Crippen molar-refractivity contribution in [3.63, 3.8) is 0 Å². The summed E-state index contributed by atoms with van der Waals surface area (Å²) >= 11 is 0. The number of carboxylic acids is 2. The number of allylic oxidation sites excluding steroid dienone is 1. The SMILES string of the molecule is C/C(=C/C(=O)Nc1cc(C(=O)N(C)CC(=O)O)ccc1C(=O)O)c1ccc2ccccc2c1. The number of carbonyl (C=O) groups excluding carboxylic acids is 2. The van der Waals surface area contributed by atoms with Crippen molar-refractivity contribution in [2.24, 2.45) is 0 Å². The number of benzene rings is 3. The second-order valence-electron chi connectivity index (χ2n) is 7.50. The van der Waals surface area contributed by atoms with Gasteiger partial charge in [0.2, 0.25) is 5.91 Å². The molecule has 0 aliphatic rings. The van der Waals surface area contributed by atoms with E-state index in [4.69, 9.17) is 5.11 Å². The molecule has 0 spiro atoms. The Balaban J connectivity index is 1.86. The molecule has 0 fully saturated rings. The quantitative estimate of drug-likeness (QED) is 0.475. The van der Waals surface area contributed by atoms with E-state index in [0.29, 0.717) is 5.57 Å². The number of aliphatic carboxylic acids is 1. The van der Waals surface area contributed by atoms with Crippen LogP contribution in [0.3, 0.4) is 0 Å². The normalized spacial score (nSPS) is 11.2. The molecule has 0 radical (unpaired) electrons. The zero-order valence-electron chi connectivity index (χ0n) is 18.0. The molecular formula is C25H22N2O6. The smallest absolute Gasteiger partial charge is 0.337 e. The van der Waals surface area contributed by atoms with Gasteiger partial charge in [-0.15, -0.1) is 0 Å². The van der Waals surface area contributed by atoms with Crippen LogP contribution in [0.25, 0.3) is 16.3 Å². The lowest BCUT2D eigenvalue weighted by molar-refractivity contribution is -0.137. The highest BCUT2D eigenvalue weighted by atomic mass is 16.4. The summed E-state index contributed by atoms with van der Waals surface area (Å²) in [6, 6.07) is 17.3. The number of anilines is 1. The second kappa shape index (κ2) is 9.78. The zero-order chi connectivity index (χ0) is 24.1. The van der Waals surface area contributed by atoms with Crippen LogP contribution < -0.4 is 5.32 Å². The molecule has 8 nitrogen and oxygen atoms in total. The number of aromatic carboxylic acids is 1. The fraction of sp³-hybridized carbons (Fsp3) is 0.120. The Hall–Kier alpha value is -4.46. The highest BCUT2D eigenvalue weighted by Crippen LogP contribution is 2.22. The third-order valence-electron chi connectivity index (χ3n) is 5.03. The Labute approximate surface area is 189 Å². The summed E-state index contributed by atoms with van der Waals surface area (Å²) < 4.78 is 0. The summed E-state index contributed by atoms with van der Waals surface area (Å²) in [5, 5.41) is 22.9. The van der Waals surface area contributed by atoms with Crippen LogP contribution in [0.5, 0.6) is 0 Å². The molecule has 3 rings (SSSR count). The lowest BCUT2D eigenvalue weighted by Gasteiger charge is -2.16. The van der Waals surface area contributed by atoms with Crippen molar-refractivity contribution in [2.45, 2.75) is 6.92 Å². The van der Waals surface area contributed by atoms with E-state index in [1.54, 1.807) is 6.92 Å². The number of likely N-dealkylation sites (N-methyl/N-ethyl adjacent to an activating group) is 1. The van der Waals surface area contributed by atoms with E-state index in [1.165, 1.54) is 31.3 Å². The minimum atomic E-state index is -1.28. The van der Waals surface area contributed by atoms with Gasteiger partial charge < -0.3 is 20.4 Å². The van der Waals surface area contributed by atoms with Gasteiger partial charge in [0.15, 0.2) is 0 Å². The number of carboxylic acid groups (broad SMARTS) is 2. The van der Waals surface area contributed by atoms with Gasteiger partial charge in [0.25, 0.3) is 5.91 Å². The van der Waals surface area contributed by atoms with Gasteiger partial charge in [0, 0.05) is 18.7 Å². The van der Waals surface area contributed by atoms with Gasteiger partial charge in [0.05, 0.1) is 11.3 Å². The van der Waals surface area contributed by atoms with Crippen LogP contribution in [-0.4, -0.2) is 52.5 Å². The Morgan fingerprint density at radius 1 is 0.909 bits per heavy atom. The molecule has 0 aliphatic heterocycles. The van der Waals surface area contributed by atoms with E-state index >= 15 is 0 Å². The van der Waals surface area contributed by atoms with E-state index in [0.717, 1.165) is 21.2 Å². The Morgan fingerprint density at radius 2 is 1.58 bits per heavy atom. The van der Waals surface area contributed by atoms with E-state index in [2.05, 4.69) is 5.32 Å². The van der Waals surface area contributed by atoms with Gasteiger partial charge in [-0.1, -0.05) is 36.4 Å². The molecule has 0 saturated carbocycles. The van der Waals surface area contributed by atoms with Crippen molar-refractivity contribution < 1.29 is 29.4 Å². The highest BCUT2D eigenvalue weighted by Gasteiger charge is 2.19. The molecular weight excluding hydrogens is 424 g/mol. The first-order valence-electron chi connectivity index (χ1n) is 9.99. The third kappa shape index (κ3) is 5.62. The van der Waals surface area contributed by atoms with Crippen molar-refractivity contribution in [3.05, 3.63) is 83.4 Å². The van der Waals surface area contributed by atoms with Crippen LogP contribution in [0.15, 0.2) is 66.7 Å². The highest BCUT2D eigenvalue weighted by molar-refractivity contribution is 6.09. The van der Waals surface area contributed by atoms with E-state index < -0.39 is 30.3 Å². The van der Waals surface area contributed by atoms with Crippen LogP contribution >= 0.6 is 0 Å². The lowest BCUT2D eigenvalue weighted by atomic mass is 10.0. The number of nitrogens with zero attached hydrogens (tertiary/aromatic N) is 1. The maximum atomic E-state index is 12.6. The predicted molar refractivity (Wildman–Crippen MR) is 124 cm³/mol. The fourth-order valence-corrected chi connectivity index (χ4v) is 3.35. The molecule has 0 saturated heterocycles. The first-order valence-corrected chi connectivity index (χ1v) is 9.99. The van der Waals surface area contributed by atoms with Gasteiger partial charge >= 0.3 is 11.9 Å². The number of carbonyl (C=O) groups is 4. The number of hydrogen-bond donors (Lipinski definition) is 3. The van der Waals surface area contributed by atoms with Crippen LogP contribution in [0.1, 0.15) is 33.2 Å². The van der Waals surface area contributed by atoms with Crippen molar-refractivity contribution in [1.82, 2.24) is 4.90 Å². The summed E-state index contributed by atoms with van der Waals surface area (Å²) in [4.78, 5) is 48.5. The van der Waals surface area contributed by atoms with Crippen molar-refractivity contribution in [1.29, 1.82) is 0 Å². The molecule has 8 heteroatoms. The zero-order valence-corrected chi connectivity index (χ0v) is 18.0. The van der Waals surface area contributed by atoms with Crippen molar-refractivity contribution >= 4 is 45.8 Å². The van der Waals surface area contributed by atoms with Gasteiger partial charge in [0.1, 0.15) is 6.54 Å². The summed E-state index contributed by atoms with van der Waals surface area (Å²) in [5.74, 6) is -3.64. The van der Waals surface area contributed by atoms with Crippen LogP contribution in [0.4, 0.5) is 5.69 Å². The standard InChI is InChI=1S/C25H22N2O6/c1-15(17-8-7-16-5-3-4-6-18(16)12-17)11-22(28)26-21-13-19(9-10-20(21)25(32)33)24(31)27(2)14-23(29)30/h3-13H,14H2,1-2H3,(H,26,28)(H,29,30)(H,32,33)/b15-11-. The van der Waals surface area contributed by atoms with Crippen molar-refractivity contribution in [2.75, 3.05) is 18.9 Å². The van der Waals surface area contributed by atoms with Crippen LogP contribution in [0.2, 0.25) is 0 Å². The number of fused-ring (bicyclic) bond motifs is 1. The summed E-state index contributed by atoms with van der Waals surface area (Å²) in [6.45, 7) is 1.25. The molecule has 2 amide bonds. The number of rotatable bonds is 7. The van der Waals surface area contributed by atoms with Gasteiger partial charge in [-0.05, 0) is 53.1 Å². The Kier molecular flexibility index (Phi) is 6.88.